The highest BCUT2D eigenvalue weighted by atomic mass is 16.5. The fourth-order valence-corrected chi connectivity index (χ4v) is 3.48. The van der Waals surface area contributed by atoms with E-state index >= 15 is 0 Å². The molecule has 0 saturated carbocycles. The molecule has 1 N–H and O–H groups in total. The summed E-state index contributed by atoms with van der Waals surface area (Å²) in [7, 11) is 0. The maximum absolute atomic E-state index is 12.9. The second-order valence-corrected chi connectivity index (χ2v) is 7.21. The van der Waals surface area contributed by atoms with Gasteiger partial charge in [0.1, 0.15) is 12.1 Å². The van der Waals surface area contributed by atoms with Crippen LogP contribution in [0.15, 0.2) is 30.3 Å². The van der Waals surface area contributed by atoms with E-state index in [0.717, 1.165) is 10.5 Å². The van der Waals surface area contributed by atoms with Gasteiger partial charge in [-0.15, -0.1) is 0 Å². The molecule has 0 atom stereocenters. The molecule has 0 aromatic heterocycles. The maximum atomic E-state index is 12.9. The summed E-state index contributed by atoms with van der Waals surface area (Å²) in [6.07, 6.45) is 1.10. The van der Waals surface area contributed by atoms with E-state index in [-0.39, 0.29) is 25.0 Å². The van der Waals surface area contributed by atoms with Gasteiger partial charge in [0.2, 0.25) is 0 Å². The van der Waals surface area contributed by atoms with Crippen molar-refractivity contribution in [1.82, 2.24) is 10.2 Å². The van der Waals surface area contributed by atoms with Crippen molar-refractivity contribution in [2.45, 2.75) is 37.6 Å². The number of carbonyl (C=O) groups is 3. The zero-order valence-corrected chi connectivity index (χ0v) is 15.1. The average Bonchev–Trinajstić information content (AvgIpc) is 2.84. The molecule has 3 rings (SSSR count). The van der Waals surface area contributed by atoms with E-state index < -0.39 is 17.0 Å². The Balaban J connectivity index is 1.66. The molecule has 7 nitrogen and oxygen atoms in total. The van der Waals surface area contributed by atoms with Crippen LogP contribution in [0, 0.1) is 0 Å². The highest BCUT2D eigenvalue weighted by Gasteiger charge is 2.45. The van der Waals surface area contributed by atoms with Gasteiger partial charge in [-0.05, 0) is 32.3 Å². The first-order valence-electron chi connectivity index (χ1n) is 8.81. The van der Waals surface area contributed by atoms with Crippen LogP contribution in [-0.4, -0.2) is 54.7 Å². The number of imide groups is 1. The zero-order chi connectivity index (χ0) is 18.8. The van der Waals surface area contributed by atoms with Crippen LogP contribution in [0.4, 0.5) is 4.79 Å². The van der Waals surface area contributed by atoms with Crippen molar-refractivity contribution < 1.29 is 23.9 Å². The zero-order valence-electron chi connectivity index (χ0n) is 15.1. The molecule has 7 heteroatoms. The predicted molar refractivity (Wildman–Crippen MR) is 93.5 cm³/mol. The molecule has 0 aliphatic carbocycles. The number of rotatable bonds is 5. The monoisotopic (exact) mass is 360 g/mol. The Labute approximate surface area is 152 Å². The first-order chi connectivity index (χ1) is 12.4. The molecule has 2 aliphatic heterocycles. The number of esters is 1. The van der Waals surface area contributed by atoms with Crippen molar-refractivity contribution in [3.05, 3.63) is 35.9 Å². The van der Waals surface area contributed by atoms with Crippen LogP contribution in [0.5, 0.6) is 0 Å². The quantitative estimate of drug-likeness (QED) is 0.637. The number of amides is 3. The van der Waals surface area contributed by atoms with Gasteiger partial charge in [-0.25, -0.2) is 4.79 Å². The minimum atomic E-state index is -0.924. The maximum Gasteiger partial charge on any atom is 0.325 e. The smallest absolute Gasteiger partial charge is 0.325 e. The van der Waals surface area contributed by atoms with Crippen molar-refractivity contribution in [3.63, 3.8) is 0 Å². The third kappa shape index (κ3) is 3.31. The molecule has 0 radical (unpaired) electrons. The fraction of sp³-hybridized carbons (Fsp3) is 0.526. The standard InChI is InChI=1S/C19H24N2O5/c1-18(2)15(22)21(17(24)20-18)10-13-26-16(23)19(8-11-25-12-9-19)14-6-4-3-5-7-14/h3-7H,8-13H2,1-2H3,(H,20,24). The SMILES string of the molecule is CC1(C)NC(=O)N(CCOC(=O)C2(c3ccccc3)CCOCC2)C1=O. The predicted octanol–water partition coefficient (Wildman–Crippen LogP) is 1.61. The lowest BCUT2D eigenvalue weighted by atomic mass is 9.74. The van der Waals surface area contributed by atoms with Gasteiger partial charge in [-0.2, -0.15) is 0 Å². The van der Waals surface area contributed by atoms with Crippen LogP contribution < -0.4 is 5.32 Å². The van der Waals surface area contributed by atoms with Crippen LogP contribution in [0.25, 0.3) is 0 Å². The normalized spacial score (nSPS) is 21.4. The number of benzene rings is 1. The summed E-state index contributed by atoms with van der Waals surface area (Å²) in [6, 6.07) is 9.09. The van der Waals surface area contributed by atoms with Crippen molar-refractivity contribution in [1.29, 1.82) is 0 Å². The van der Waals surface area contributed by atoms with Crippen LogP contribution in [0.1, 0.15) is 32.3 Å². The molecule has 2 saturated heterocycles. The summed E-state index contributed by atoms with van der Waals surface area (Å²) in [5.41, 5.74) is -0.757. The topological polar surface area (TPSA) is 84.9 Å². The highest BCUT2D eigenvalue weighted by molar-refractivity contribution is 6.06. The molecule has 0 unspecified atom stereocenters. The summed E-state index contributed by atoms with van der Waals surface area (Å²) in [5, 5.41) is 2.61. The first kappa shape index (κ1) is 18.4. The van der Waals surface area contributed by atoms with E-state index in [1.807, 2.05) is 30.3 Å². The summed E-state index contributed by atoms with van der Waals surface area (Å²) in [4.78, 5) is 38.1. The minimum Gasteiger partial charge on any atom is -0.463 e. The van der Waals surface area contributed by atoms with E-state index in [1.54, 1.807) is 13.8 Å². The number of nitrogens with zero attached hydrogens (tertiary/aromatic N) is 1. The second-order valence-electron chi connectivity index (χ2n) is 7.21. The summed E-state index contributed by atoms with van der Waals surface area (Å²) in [6.45, 7) is 4.29. The van der Waals surface area contributed by atoms with E-state index in [2.05, 4.69) is 5.32 Å². The van der Waals surface area contributed by atoms with Crippen LogP contribution in [0.2, 0.25) is 0 Å². The molecular weight excluding hydrogens is 336 g/mol. The number of hydrogen-bond acceptors (Lipinski definition) is 5. The fourth-order valence-electron chi connectivity index (χ4n) is 3.48. The molecule has 0 spiro atoms. The minimum absolute atomic E-state index is 0.0243. The van der Waals surface area contributed by atoms with Crippen LogP contribution >= 0.6 is 0 Å². The Morgan fingerprint density at radius 1 is 1.19 bits per heavy atom. The van der Waals surface area contributed by atoms with Gasteiger partial charge in [0.05, 0.1) is 12.0 Å². The van der Waals surface area contributed by atoms with Gasteiger partial charge in [-0.3, -0.25) is 14.5 Å². The number of nitrogens with one attached hydrogen (secondary N) is 1. The van der Waals surface area contributed by atoms with Gasteiger partial charge in [0.25, 0.3) is 5.91 Å². The Bertz CT molecular complexity index is 695. The molecule has 1 aromatic carbocycles. The van der Waals surface area contributed by atoms with Crippen LogP contribution in [-0.2, 0) is 24.5 Å². The molecule has 26 heavy (non-hydrogen) atoms. The summed E-state index contributed by atoms with van der Waals surface area (Å²) < 4.78 is 10.9. The molecule has 1 aromatic rings. The number of ether oxygens (including phenoxy) is 2. The summed E-state index contributed by atoms with van der Waals surface area (Å²) in [5.74, 6) is -0.652. The third-order valence-electron chi connectivity index (χ3n) is 5.06. The Hall–Kier alpha value is -2.41. The first-order valence-corrected chi connectivity index (χ1v) is 8.81. The van der Waals surface area contributed by atoms with Crippen molar-refractivity contribution in [2.75, 3.05) is 26.4 Å². The van der Waals surface area contributed by atoms with E-state index in [4.69, 9.17) is 9.47 Å². The largest absolute Gasteiger partial charge is 0.463 e. The van der Waals surface area contributed by atoms with Crippen LogP contribution in [0.3, 0.4) is 0 Å². The molecule has 3 amide bonds. The lowest BCUT2D eigenvalue weighted by Crippen LogP contribution is -2.44. The van der Waals surface area contributed by atoms with Crippen molar-refractivity contribution in [3.8, 4) is 0 Å². The average molecular weight is 360 g/mol. The van der Waals surface area contributed by atoms with Gasteiger partial charge in [0, 0.05) is 13.2 Å². The molecule has 2 heterocycles. The van der Waals surface area contributed by atoms with E-state index in [9.17, 15) is 14.4 Å². The van der Waals surface area contributed by atoms with Gasteiger partial charge in [-0.1, -0.05) is 30.3 Å². The Morgan fingerprint density at radius 2 is 1.85 bits per heavy atom. The third-order valence-corrected chi connectivity index (χ3v) is 5.06. The Morgan fingerprint density at radius 3 is 2.42 bits per heavy atom. The van der Waals surface area contributed by atoms with Gasteiger partial charge < -0.3 is 14.8 Å². The lowest BCUT2D eigenvalue weighted by molar-refractivity contribution is -0.155. The van der Waals surface area contributed by atoms with Gasteiger partial charge in [0.15, 0.2) is 0 Å². The molecule has 2 aliphatic rings. The van der Waals surface area contributed by atoms with E-state index in [0.29, 0.717) is 26.1 Å². The van der Waals surface area contributed by atoms with Crippen molar-refractivity contribution >= 4 is 17.9 Å². The molecule has 2 fully saturated rings. The lowest BCUT2D eigenvalue weighted by Gasteiger charge is -2.35. The highest BCUT2D eigenvalue weighted by Crippen LogP contribution is 2.36. The van der Waals surface area contributed by atoms with E-state index in [1.165, 1.54) is 0 Å². The second kappa shape index (κ2) is 7.07. The molecular formula is C19H24N2O5. The molecule has 140 valence electrons. The Kier molecular flexibility index (Phi) is 5.00. The number of urea groups is 1. The number of hydrogen-bond donors (Lipinski definition) is 1. The molecule has 0 bridgehead atoms. The van der Waals surface area contributed by atoms with Gasteiger partial charge >= 0.3 is 12.0 Å². The van der Waals surface area contributed by atoms with Crippen molar-refractivity contribution in [2.24, 2.45) is 0 Å². The number of carbonyl (C=O) groups excluding carboxylic acids is 3. The summed E-state index contributed by atoms with van der Waals surface area (Å²) >= 11 is 0.